The van der Waals surface area contributed by atoms with Gasteiger partial charge in [0.05, 0.1) is 5.71 Å². The number of nitrogens with zero attached hydrogens (tertiary/aromatic N) is 4. The molecule has 0 saturated carbocycles. The van der Waals surface area contributed by atoms with E-state index >= 15 is 0 Å². The lowest BCUT2D eigenvalue weighted by atomic mass is 10.1. The van der Waals surface area contributed by atoms with E-state index in [4.69, 9.17) is 0 Å². The van der Waals surface area contributed by atoms with Gasteiger partial charge < -0.3 is 0 Å². The molecule has 0 aliphatic carbocycles. The first kappa shape index (κ1) is 14.1. The maximum atomic E-state index is 13.4. The third-order valence-corrected chi connectivity index (χ3v) is 4.45. The quantitative estimate of drug-likeness (QED) is 0.742. The van der Waals surface area contributed by atoms with E-state index in [1.807, 2.05) is 24.3 Å². The van der Waals surface area contributed by atoms with Gasteiger partial charge in [-0.15, -0.1) is 9.89 Å². The zero-order valence-electron chi connectivity index (χ0n) is 12.2. The van der Waals surface area contributed by atoms with Gasteiger partial charge in [0.2, 0.25) is 5.16 Å². The van der Waals surface area contributed by atoms with Crippen molar-refractivity contribution in [3.8, 4) is 0 Å². The summed E-state index contributed by atoms with van der Waals surface area (Å²) in [5.41, 5.74) is 2.75. The molecule has 0 spiro atoms. The molecule has 2 heterocycles. The van der Waals surface area contributed by atoms with Crippen LogP contribution in [0.25, 0.3) is 0 Å². The number of thioether (sulfide) groups is 1. The second-order valence-corrected chi connectivity index (χ2v) is 6.15. The Hall–Kier alpha value is -2.47. The summed E-state index contributed by atoms with van der Waals surface area (Å²) in [5.74, 6) is 1.14. The lowest BCUT2D eigenvalue weighted by Gasteiger charge is -2.11. The van der Waals surface area contributed by atoms with Gasteiger partial charge in [-0.1, -0.05) is 54.2 Å². The van der Waals surface area contributed by atoms with Gasteiger partial charge in [-0.3, -0.25) is 0 Å². The summed E-state index contributed by atoms with van der Waals surface area (Å²) in [4.78, 5) is 6.07. The average Bonchev–Trinajstić information content (AvgIpc) is 2.97. The summed E-state index contributed by atoms with van der Waals surface area (Å²) in [7, 11) is 0. The van der Waals surface area contributed by atoms with E-state index in [-0.39, 0.29) is 5.82 Å². The normalized spacial score (nSPS) is 13.5. The highest BCUT2D eigenvalue weighted by Crippen LogP contribution is 2.23. The summed E-state index contributed by atoms with van der Waals surface area (Å²) in [6.45, 7) is 0. The predicted octanol–water partition coefficient (Wildman–Crippen LogP) is 3.37. The molecule has 2 aromatic carbocycles. The topological polar surface area (TPSA) is 43.1 Å². The molecule has 1 aliphatic heterocycles. The van der Waals surface area contributed by atoms with Crippen LogP contribution in [-0.4, -0.2) is 26.3 Å². The van der Waals surface area contributed by atoms with Crippen LogP contribution >= 0.6 is 11.8 Å². The van der Waals surface area contributed by atoms with Crippen LogP contribution in [0.15, 0.2) is 64.9 Å². The van der Waals surface area contributed by atoms with Crippen molar-refractivity contribution in [3.05, 3.63) is 77.4 Å². The molecule has 6 heteroatoms. The third-order valence-electron chi connectivity index (χ3n) is 3.52. The molecule has 1 aliphatic rings. The van der Waals surface area contributed by atoms with Crippen molar-refractivity contribution in [2.24, 2.45) is 5.10 Å². The van der Waals surface area contributed by atoms with Crippen LogP contribution in [0.3, 0.4) is 0 Å². The van der Waals surface area contributed by atoms with E-state index in [0.717, 1.165) is 27.8 Å². The first-order chi connectivity index (χ1) is 11.3. The van der Waals surface area contributed by atoms with Crippen molar-refractivity contribution < 1.29 is 4.39 Å². The minimum absolute atomic E-state index is 0.260. The van der Waals surface area contributed by atoms with Gasteiger partial charge in [0, 0.05) is 17.7 Å². The van der Waals surface area contributed by atoms with E-state index in [1.165, 1.54) is 12.1 Å². The van der Waals surface area contributed by atoms with Crippen LogP contribution in [0, 0.1) is 5.82 Å². The Morgan fingerprint density at radius 2 is 1.96 bits per heavy atom. The molecule has 114 valence electrons. The monoisotopic (exact) mass is 324 g/mol. The molecule has 0 unspecified atom stereocenters. The summed E-state index contributed by atoms with van der Waals surface area (Å²) in [6, 6.07) is 16.6. The predicted molar refractivity (Wildman–Crippen MR) is 88.3 cm³/mol. The lowest BCUT2D eigenvalue weighted by molar-refractivity contribution is 0.627. The summed E-state index contributed by atoms with van der Waals surface area (Å²) in [5, 5.41) is 9.71. The fourth-order valence-electron chi connectivity index (χ4n) is 2.42. The molecule has 4 rings (SSSR count). The van der Waals surface area contributed by atoms with Crippen molar-refractivity contribution in [1.29, 1.82) is 0 Å². The molecule has 0 bridgehead atoms. The third kappa shape index (κ3) is 3.03. The van der Waals surface area contributed by atoms with Crippen LogP contribution in [-0.2, 0) is 6.42 Å². The van der Waals surface area contributed by atoms with E-state index in [9.17, 15) is 4.39 Å². The summed E-state index contributed by atoms with van der Waals surface area (Å²) < 4.78 is 13.4. The fourth-order valence-corrected chi connectivity index (χ4v) is 3.28. The maximum absolute atomic E-state index is 13.4. The first-order valence-corrected chi connectivity index (χ1v) is 8.23. The molecule has 0 amide bonds. The van der Waals surface area contributed by atoms with Crippen molar-refractivity contribution >= 4 is 17.5 Å². The summed E-state index contributed by atoms with van der Waals surface area (Å²) in [6.07, 6.45) is 0.673. The molecule has 1 aromatic heterocycles. The van der Waals surface area contributed by atoms with E-state index in [2.05, 4.69) is 27.3 Å². The molecule has 0 radical (unpaired) electrons. The van der Waals surface area contributed by atoms with Gasteiger partial charge in [0.25, 0.3) is 0 Å². The Labute approximate surface area is 137 Å². The molecule has 0 saturated heterocycles. The lowest BCUT2D eigenvalue weighted by Crippen LogP contribution is -2.14. The largest absolute Gasteiger partial charge is 0.211 e. The number of hydrogen-bond donors (Lipinski definition) is 0. The van der Waals surface area contributed by atoms with Crippen molar-refractivity contribution in [3.63, 3.8) is 0 Å². The number of hydrogen-bond acceptors (Lipinski definition) is 4. The van der Waals surface area contributed by atoms with Gasteiger partial charge in [0.15, 0.2) is 5.82 Å². The SMILES string of the molecule is Fc1cccc(C2=Nn3nc(Cc4ccccc4)nc3SC2)c1. The molecule has 23 heavy (non-hydrogen) atoms. The van der Waals surface area contributed by atoms with Crippen molar-refractivity contribution in [2.75, 3.05) is 5.75 Å². The first-order valence-electron chi connectivity index (χ1n) is 7.24. The molecular weight excluding hydrogens is 311 g/mol. The van der Waals surface area contributed by atoms with Crippen molar-refractivity contribution in [2.45, 2.75) is 11.6 Å². The molecule has 0 atom stereocenters. The molecule has 4 nitrogen and oxygen atoms in total. The Morgan fingerprint density at radius 1 is 1.09 bits per heavy atom. The smallest absolute Gasteiger partial charge is 0.207 e. The van der Waals surface area contributed by atoms with Gasteiger partial charge >= 0.3 is 0 Å². The average molecular weight is 324 g/mol. The zero-order chi connectivity index (χ0) is 15.6. The Morgan fingerprint density at radius 3 is 2.78 bits per heavy atom. The van der Waals surface area contributed by atoms with Gasteiger partial charge in [-0.2, -0.15) is 5.10 Å². The number of halogens is 1. The van der Waals surface area contributed by atoms with E-state index in [1.54, 1.807) is 22.6 Å². The number of rotatable bonds is 3. The zero-order valence-corrected chi connectivity index (χ0v) is 13.0. The van der Waals surface area contributed by atoms with Crippen LogP contribution < -0.4 is 0 Å². The highest BCUT2D eigenvalue weighted by atomic mass is 32.2. The number of benzene rings is 2. The second-order valence-electron chi connectivity index (χ2n) is 5.21. The minimum Gasteiger partial charge on any atom is -0.207 e. The van der Waals surface area contributed by atoms with E-state index < -0.39 is 0 Å². The minimum atomic E-state index is -0.260. The molecular formula is C17H13FN4S. The van der Waals surface area contributed by atoms with Gasteiger partial charge in [0.1, 0.15) is 5.82 Å². The molecule has 3 aromatic rings. The van der Waals surface area contributed by atoms with Gasteiger partial charge in [-0.05, 0) is 17.7 Å². The standard InChI is InChI=1S/C17H13FN4S/c18-14-8-4-7-13(10-14)15-11-23-17-19-16(21-22(17)20-15)9-12-5-2-1-3-6-12/h1-8,10H,9,11H2. The van der Waals surface area contributed by atoms with Crippen LogP contribution in [0.2, 0.25) is 0 Å². The number of aromatic nitrogens is 3. The van der Waals surface area contributed by atoms with Crippen LogP contribution in [0.4, 0.5) is 4.39 Å². The summed E-state index contributed by atoms with van der Waals surface area (Å²) >= 11 is 1.57. The van der Waals surface area contributed by atoms with Crippen LogP contribution in [0.1, 0.15) is 17.0 Å². The fraction of sp³-hybridized carbons (Fsp3) is 0.118. The highest BCUT2D eigenvalue weighted by molar-refractivity contribution is 7.99. The Kier molecular flexibility index (Phi) is 3.67. The van der Waals surface area contributed by atoms with Crippen LogP contribution in [0.5, 0.6) is 0 Å². The number of fused-ring (bicyclic) bond motifs is 1. The van der Waals surface area contributed by atoms with Gasteiger partial charge in [-0.25, -0.2) is 9.37 Å². The Bertz CT molecular complexity index is 873. The second kappa shape index (κ2) is 5.96. The highest BCUT2D eigenvalue weighted by Gasteiger charge is 2.18. The molecule has 0 fully saturated rings. The molecule has 0 N–H and O–H groups in total. The van der Waals surface area contributed by atoms with Crippen molar-refractivity contribution in [1.82, 2.24) is 14.9 Å². The van der Waals surface area contributed by atoms with E-state index in [0.29, 0.717) is 12.2 Å². The Balaban J connectivity index is 1.62. The maximum Gasteiger partial charge on any atom is 0.211 e.